The standard InChI is InChI=1S/C14H17N3O/c1-10-11(6-7-18-10)8-15-14-9-16-17-13-5-3-2-4-12(13)14/h2-5,9-11H,6-8H2,1H3,(H,15,17). The Hall–Kier alpha value is -1.68. The van der Waals surface area contributed by atoms with Crippen molar-refractivity contribution in [1.82, 2.24) is 10.2 Å². The molecule has 1 aliphatic heterocycles. The van der Waals surface area contributed by atoms with Gasteiger partial charge in [-0.1, -0.05) is 18.2 Å². The van der Waals surface area contributed by atoms with Gasteiger partial charge in [-0.2, -0.15) is 10.2 Å². The molecular formula is C14H17N3O. The van der Waals surface area contributed by atoms with Crippen LogP contribution in [0.3, 0.4) is 0 Å². The number of rotatable bonds is 3. The molecule has 4 heteroatoms. The first-order valence-electron chi connectivity index (χ1n) is 6.40. The second-order valence-corrected chi connectivity index (χ2v) is 4.78. The maximum Gasteiger partial charge on any atom is 0.0950 e. The lowest BCUT2D eigenvalue weighted by Gasteiger charge is -2.16. The van der Waals surface area contributed by atoms with E-state index in [2.05, 4.69) is 28.5 Å². The molecule has 1 saturated heterocycles. The van der Waals surface area contributed by atoms with Gasteiger partial charge in [0.1, 0.15) is 0 Å². The summed E-state index contributed by atoms with van der Waals surface area (Å²) in [7, 11) is 0. The van der Waals surface area contributed by atoms with Gasteiger partial charge in [0, 0.05) is 24.5 Å². The SMILES string of the molecule is CC1OCCC1CNc1cnnc2ccccc12. The Morgan fingerprint density at radius 2 is 2.28 bits per heavy atom. The lowest BCUT2D eigenvalue weighted by Crippen LogP contribution is -2.20. The zero-order valence-electron chi connectivity index (χ0n) is 10.5. The Morgan fingerprint density at radius 3 is 3.11 bits per heavy atom. The molecule has 3 rings (SSSR count). The first-order valence-corrected chi connectivity index (χ1v) is 6.40. The van der Waals surface area contributed by atoms with Gasteiger partial charge in [-0.3, -0.25) is 0 Å². The summed E-state index contributed by atoms with van der Waals surface area (Å²) in [6.45, 7) is 3.95. The number of benzene rings is 1. The van der Waals surface area contributed by atoms with Gasteiger partial charge < -0.3 is 10.1 Å². The molecule has 2 unspecified atom stereocenters. The third kappa shape index (κ3) is 2.16. The van der Waals surface area contributed by atoms with Gasteiger partial charge >= 0.3 is 0 Å². The van der Waals surface area contributed by atoms with Crippen molar-refractivity contribution in [1.29, 1.82) is 0 Å². The van der Waals surface area contributed by atoms with Gasteiger partial charge in [-0.05, 0) is 19.4 Å². The van der Waals surface area contributed by atoms with Crippen LogP contribution in [0, 0.1) is 5.92 Å². The van der Waals surface area contributed by atoms with Gasteiger partial charge in [-0.25, -0.2) is 0 Å². The molecule has 0 radical (unpaired) electrons. The number of fused-ring (bicyclic) bond motifs is 1. The van der Waals surface area contributed by atoms with Crippen LogP contribution in [-0.2, 0) is 4.74 Å². The average Bonchev–Trinajstić information content (AvgIpc) is 2.82. The van der Waals surface area contributed by atoms with Crippen LogP contribution in [0.5, 0.6) is 0 Å². The topological polar surface area (TPSA) is 47.0 Å². The molecule has 2 atom stereocenters. The quantitative estimate of drug-likeness (QED) is 0.899. The predicted molar refractivity (Wildman–Crippen MR) is 71.5 cm³/mol. The summed E-state index contributed by atoms with van der Waals surface area (Å²) in [5, 5.41) is 12.8. The summed E-state index contributed by atoms with van der Waals surface area (Å²) in [6.07, 6.45) is 3.27. The van der Waals surface area contributed by atoms with Crippen molar-refractivity contribution in [3.8, 4) is 0 Å². The molecule has 0 bridgehead atoms. The van der Waals surface area contributed by atoms with Crippen molar-refractivity contribution in [2.24, 2.45) is 5.92 Å². The summed E-state index contributed by atoms with van der Waals surface area (Å²) < 4.78 is 5.57. The fourth-order valence-electron chi connectivity index (χ4n) is 2.43. The Morgan fingerprint density at radius 1 is 1.39 bits per heavy atom. The predicted octanol–water partition coefficient (Wildman–Crippen LogP) is 2.47. The molecule has 2 aromatic rings. The third-order valence-corrected chi connectivity index (χ3v) is 3.63. The summed E-state index contributed by atoms with van der Waals surface area (Å²) in [6, 6.07) is 8.06. The van der Waals surface area contributed by atoms with Crippen LogP contribution in [0.15, 0.2) is 30.5 Å². The van der Waals surface area contributed by atoms with Gasteiger partial charge in [0.2, 0.25) is 0 Å². The van der Waals surface area contributed by atoms with Crippen molar-refractivity contribution < 1.29 is 4.74 Å². The molecule has 94 valence electrons. The van der Waals surface area contributed by atoms with Crippen LogP contribution in [0.1, 0.15) is 13.3 Å². The molecule has 0 saturated carbocycles. The monoisotopic (exact) mass is 243 g/mol. The summed E-state index contributed by atoms with van der Waals surface area (Å²) in [5.41, 5.74) is 1.98. The molecule has 1 N–H and O–H groups in total. The minimum Gasteiger partial charge on any atom is -0.383 e. The number of nitrogens with one attached hydrogen (secondary N) is 1. The van der Waals surface area contributed by atoms with E-state index >= 15 is 0 Å². The van der Waals surface area contributed by atoms with Crippen LogP contribution < -0.4 is 5.32 Å². The highest BCUT2D eigenvalue weighted by molar-refractivity contribution is 5.90. The molecule has 1 aromatic carbocycles. The molecule has 1 aliphatic rings. The number of ether oxygens (including phenoxy) is 1. The van der Waals surface area contributed by atoms with E-state index < -0.39 is 0 Å². The highest BCUT2D eigenvalue weighted by atomic mass is 16.5. The number of hydrogen-bond acceptors (Lipinski definition) is 4. The number of hydrogen-bond donors (Lipinski definition) is 1. The molecule has 18 heavy (non-hydrogen) atoms. The van der Waals surface area contributed by atoms with Crippen molar-refractivity contribution in [2.45, 2.75) is 19.4 Å². The van der Waals surface area contributed by atoms with E-state index in [-0.39, 0.29) is 0 Å². The van der Waals surface area contributed by atoms with Crippen molar-refractivity contribution in [3.63, 3.8) is 0 Å². The Bertz CT molecular complexity index is 538. The lowest BCUT2D eigenvalue weighted by molar-refractivity contribution is 0.108. The molecule has 0 amide bonds. The van der Waals surface area contributed by atoms with E-state index in [1.807, 2.05) is 18.2 Å². The van der Waals surface area contributed by atoms with Crippen LogP contribution in [0.2, 0.25) is 0 Å². The minimum absolute atomic E-state index is 0.346. The largest absolute Gasteiger partial charge is 0.383 e. The lowest BCUT2D eigenvalue weighted by atomic mass is 10.0. The molecule has 2 heterocycles. The summed E-state index contributed by atoms with van der Waals surface area (Å²) in [4.78, 5) is 0. The normalized spacial score (nSPS) is 23.4. The molecule has 0 aliphatic carbocycles. The third-order valence-electron chi connectivity index (χ3n) is 3.63. The van der Waals surface area contributed by atoms with E-state index in [1.165, 1.54) is 0 Å². The highest BCUT2D eigenvalue weighted by Crippen LogP contribution is 2.23. The fourth-order valence-corrected chi connectivity index (χ4v) is 2.43. The summed E-state index contributed by atoms with van der Waals surface area (Å²) >= 11 is 0. The van der Waals surface area contributed by atoms with E-state index in [4.69, 9.17) is 4.74 Å². The van der Waals surface area contributed by atoms with Gasteiger partial charge in [0.25, 0.3) is 0 Å². The average molecular weight is 243 g/mol. The van der Waals surface area contributed by atoms with E-state index in [0.717, 1.165) is 36.2 Å². The first kappa shape index (κ1) is 11.4. The van der Waals surface area contributed by atoms with Crippen molar-refractivity contribution in [2.75, 3.05) is 18.5 Å². The van der Waals surface area contributed by atoms with E-state index in [9.17, 15) is 0 Å². The van der Waals surface area contributed by atoms with E-state index in [0.29, 0.717) is 12.0 Å². The van der Waals surface area contributed by atoms with Gasteiger partial charge in [-0.15, -0.1) is 0 Å². The van der Waals surface area contributed by atoms with Crippen molar-refractivity contribution in [3.05, 3.63) is 30.5 Å². The second-order valence-electron chi connectivity index (χ2n) is 4.78. The Kier molecular flexibility index (Phi) is 3.11. The smallest absolute Gasteiger partial charge is 0.0950 e. The number of anilines is 1. The summed E-state index contributed by atoms with van der Waals surface area (Å²) in [5.74, 6) is 0.580. The van der Waals surface area contributed by atoms with Crippen LogP contribution in [0.4, 0.5) is 5.69 Å². The Labute approximate surface area is 106 Å². The van der Waals surface area contributed by atoms with Crippen LogP contribution in [0.25, 0.3) is 10.9 Å². The fraction of sp³-hybridized carbons (Fsp3) is 0.429. The molecule has 1 fully saturated rings. The highest BCUT2D eigenvalue weighted by Gasteiger charge is 2.23. The van der Waals surface area contributed by atoms with E-state index in [1.54, 1.807) is 6.20 Å². The minimum atomic E-state index is 0.346. The zero-order chi connectivity index (χ0) is 12.4. The molecular weight excluding hydrogens is 226 g/mol. The first-order chi connectivity index (χ1) is 8.84. The Balaban J connectivity index is 1.78. The molecule has 1 aromatic heterocycles. The maximum atomic E-state index is 5.57. The van der Waals surface area contributed by atoms with Gasteiger partial charge in [0.05, 0.1) is 23.5 Å². The number of aromatic nitrogens is 2. The van der Waals surface area contributed by atoms with Gasteiger partial charge in [0.15, 0.2) is 0 Å². The zero-order valence-corrected chi connectivity index (χ0v) is 10.5. The van der Waals surface area contributed by atoms with Crippen molar-refractivity contribution >= 4 is 16.6 Å². The van der Waals surface area contributed by atoms with Crippen LogP contribution in [-0.4, -0.2) is 29.5 Å². The second kappa shape index (κ2) is 4.90. The van der Waals surface area contributed by atoms with Crippen LogP contribution >= 0.6 is 0 Å². The number of nitrogens with zero attached hydrogens (tertiary/aromatic N) is 2. The molecule has 0 spiro atoms. The maximum absolute atomic E-state index is 5.57. The molecule has 4 nitrogen and oxygen atoms in total.